The summed E-state index contributed by atoms with van der Waals surface area (Å²) in [5.41, 5.74) is 4.43. The van der Waals surface area contributed by atoms with Crippen molar-refractivity contribution >= 4 is 0 Å². The minimum Gasteiger partial charge on any atom is -0.311 e. The van der Waals surface area contributed by atoms with Gasteiger partial charge < -0.3 is 5.32 Å². The van der Waals surface area contributed by atoms with Crippen LogP contribution in [0.5, 0.6) is 0 Å². The third-order valence-electron chi connectivity index (χ3n) is 5.07. The first kappa shape index (κ1) is 13.1. The predicted molar refractivity (Wildman–Crippen MR) is 86.4 cm³/mol. The fourth-order valence-corrected chi connectivity index (χ4v) is 4.02. The molecule has 1 fully saturated rings. The third kappa shape index (κ3) is 2.19. The van der Waals surface area contributed by atoms with Gasteiger partial charge >= 0.3 is 0 Å². The van der Waals surface area contributed by atoms with Crippen molar-refractivity contribution in [2.24, 2.45) is 0 Å². The van der Waals surface area contributed by atoms with Crippen LogP contribution in [-0.4, -0.2) is 30.1 Å². The minimum absolute atomic E-state index is 0.408. The molecule has 2 nitrogen and oxygen atoms in total. The van der Waals surface area contributed by atoms with Crippen molar-refractivity contribution in [2.75, 3.05) is 13.1 Å². The van der Waals surface area contributed by atoms with E-state index in [1.807, 2.05) is 0 Å². The Morgan fingerprint density at radius 2 is 1.76 bits per heavy atom. The fourth-order valence-electron chi connectivity index (χ4n) is 4.02. The molecule has 0 aromatic heterocycles. The molecular weight excluding hydrogens is 256 g/mol. The Morgan fingerprint density at radius 3 is 2.62 bits per heavy atom. The molecule has 2 aromatic rings. The lowest BCUT2D eigenvalue weighted by molar-refractivity contribution is 0.0824. The molecule has 2 heterocycles. The topological polar surface area (TPSA) is 15.3 Å². The van der Waals surface area contributed by atoms with E-state index in [0.29, 0.717) is 18.1 Å². The van der Waals surface area contributed by atoms with Crippen molar-refractivity contribution in [1.29, 1.82) is 0 Å². The molecule has 2 heteroatoms. The summed E-state index contributed by atoms with van der Waals surface area (Å²) in [6.07, 6.45) is 1.16. The van der Waals surface area contributed by atoms with Crippen molar-refractivity contribution in [1.82, 2.24) is 10.2 Å². The van der Waals surface area contributed by atoms with E-state index in [4.69, 9.17) is 0 Å². The molecule has 3 atom stereocenters. The Bertz CT molecular complexity index is 622. The Balaban J connectivity index is 1.84. The first-order chi connectivity index (χ1) is 10.3. The molecule has 1 saturated heterocycles. The number of nitrogens with one attached hydrogen (secondary N) is 1. The summed E-state index contributed by atoms with van der Waals surface area (Å²) < 4.78 is 0. The summed E-state index contributed by atoms with van der Waals surface area (Å²) >= 11 is 0. The van der Waals surface area contributed by atoms with Gasteiger partial charge in [-0.1, -0.05) is 54.6 Å². The van der Waals surface area contributed by atoms with Crippen LogP contribution in [-0.2, 0) is 6.42 Å². The normalized spacial score (nSPS) is 28.7. The second kappa shape index (κ2) is 5.28. The SMILES string of the molecule is CC1NCCN2C(c3ccccc3)c3ccccc3CC12. The monoisotopic (exact) mass is 278 g/mol. The van der Waals surface area contributed by atoms with E-state index in [-0.39, 0.29) is 0 Å². The van der Waals surface area contributed by atoms with Gasteiger partial charge in [0.15, 0.2) is 0 Å². The number of hydrogen-bond acceptors (Lipinski definition) is 2. The van der Waals surface area contributed by atoms with E-state index in [1.54, 1.807) is 0 Å². The molecule has 0 bridgehead atoms. The van der Waals surface area contributed by atoms with E-state index in [0.717, 1.165) is 19.5 Å². The molecule has 0 radical (unpaired) electrons. The number of piperazine rings is 1. The molecule has 0 spiro atoms. The van der Waals surface area contributed by atoms with Crippen LogP contribution in [0, 0.1) is 0 Å². The van der Waals surface area contributed by atoms with Crippen molar-refractivity contribution in [3.05, 3.63) is 71.3 Å². The highest BCUT2D eigenvalue weighted by Crippen LogP contribution is 2.39. The molecule has 0 aliphatic carbocycles. The standard InChI is InChI=1S/C19H22N2/c1-14-18-13-16-9-5-6-10-17(16)19(21(18)12-11-20-14)15-7-3-2-4-8-15/h2-10,14,18-20H,11-13H2,1H3. The van der Waals surface area contributed by atoms with Gasteiger partial charge in [-0.25, -0.2) is 0 Å². The van der Waals surface area contributed by atoms with Gasteiger partial charge in [-0.15, -0.1) is 0 Å². The second-order valence-corrected chi connectivity index (χ2v) is 6.26. The molecule has 0 amide bonds. The zero-order valence-electron chi connectivity index (χ0n) is 12.5. The summed E-state index contributed by atoms with van der Waals surface area (Å²) in [4.78, 5) is 2.71. The number of benzene rings is 2. The second-order valence-electron chi connectivity index (χ2n) is 6.26. The Kier molecular flexibility index (Phi) is 3.28. The first-order valence-corrected chi connectivity index (χ1v) is 7.96. The van der Waals surface area contributed by atoms with E-state index in [1.165, 1.54) is 16.7 Å². The summed E-state index contributed by atoms with van der Waals surface area (Å²) in [5.74, 6) is 0. The summed E-state index contributed by atoms with van der Waals surface area (Å²) in [5, 5.41) is 3.64. The van der Waals surface area contributed by atoms with Crippen molar-refractivity contribution in [3.8, 4) is 0 Å². The Hall–Kier alpha value is -1.64. The zero-order chi connectivity index (χ0) is 14.2. The van der Waals surface area contributed by atoms with Crippen LogP contribution in [0.2, 0.25) is 0 Å². The predicted octanol–water partition coefficient (Wildman–Crippen LogP) is 2.99. The van der Waals surface area contributed by atoms with Crippen LogP contribution in [0.4, 0.5) is 0 Å². The molecule has 4 rings (SSSR count). The molecule has 2 aromatic carbocycles. The smallest absolute Gasteiger partial charge is 0.0608 e. The van der Waals surface area contributed by atoms with Gasteiger partial charge in [-0.05, 0) is 30.0 Å². The van der Waals surface area contributed by atoms with Crippen LogP contribution in [0.15, 0.2) is 54.6 Å². The lowest BCUT2D eigenvalue weighted by Gasteiger charge is -2.49. The molecule has 108 valence electrons. The van der Waals surface area contributed by atoms with E-state index >= 15 is 0 Å². The molecule has 21 heavy (non-hydrogen) atoms. The lowest BCUT2D eigenvalue weighted by atomic mass is 9.82. The summed E-state index contributed by atoms with van der Waals surface area (Å²) in [6.45, 7) is 4.54. The van der Waals surface area contributed by atoms with Gasteiger partial charge in [-0.2, -0.15) is 0 Å². The number of fused-ring (bicyclic) bond motifs is 2. The number of hydrogen-bond donors (Lipinski definition) is 1. The van der Waals surface area contributed by atoms with Crippen molar-refractivity contribution in [2.45, 2.75) is 31.5 Å². The Morgan fingerprint density at radius 1 is 1.00 bits per heavy atom. The van der Waals surface area contributed by atoms with Gasteiger partial charge in [0, 0.05) is 25.2 Å². The Labute approximate surface area is 126 Å². The van der Waals surface area contributed by atoms with Crippen molar-refractivity contribution < 1.29 is 0 Å². The van der Waals surface area contributed by atoms with E-state index in [2.05, 4.69) is 71.7 Å². The maximum atomic E-state index is 3.64. The summed E-state index contributed by atoms with van der Waals surface area (Å²) in [7, 11) is 0. The van der Waals surface area contributed by atoms with E-state index in [9.17, 15) is 0 Å². The molecule has 1 N–H and O–H groups in total. The maximum Gasteiger partial charge on any atom is 0.0608 e. The average molecular weight is 278 g/mol. The lowest BCUT2D eigenvalue weighted by Crippen LogP contribution is -2.60. The zero-order valence-corrected chi connectivity index (χ0v) is 12.5. The van der Waals surface area contributed by atoms with Crippen molar-refractivity contribution in [3.63, 3.8) is 0 Å². The average Bonchev–Trinajstić information content (AvgIpc) is 2.54. The van der Waals surface area contributed by atoms with Gasteiger partial charge in [0.1, 0.15) is 0 Å². The van der Waals surface area contributed by atoms with Crippen LogP contribution in [0.25, 0.3) is 0 Å². The quantitative estimate of drug-likeness (QED) is 0.862. The minimum atomic E-state index is 0.408. The van der Waals surface area contributed by atoms with Gasteiger partial charge in [0.25, 0.3) is 0 Å². The van der Waals surface area contributed by atoms with Crippen LogP contribution < -0.4 is 5.32 Å². The molecule has 2 aliphatic heterocycles. The number of rotatable bonds is 1. The van der Waals surface area contributed by atoms with Crippen LogP contribution in [0.3, 0.4) is 0 Å². The molecular formula is C19H22N2. The third-order valence-corrected chi connectivity index (χ3v) is 5.07. The van der Waals surface area contributed by atoms with Crippen LogP contribution in [0.1, 0.15) is 29.7 Å². The van der Waals surface area contributed by atoms with Crippen LogP contribution >= 0.6 is 0 Å². The van der Waals surface area contributed by atoms with Gasteiger partial charge in [-0.3, -0.25) is 4.90 Å². The number of nitrogens with zero attached hydrogens (tertiary/aromatic N) is 1. The molecule has 3 unspecified atom stereocenters. The van der Waals surface area contributed by atoms with E-state index < -0.39 is 0 Å². The highest BCUT2D eigenvalue weighted by molar-refractivity contribution is 5.41. The highest BCUT2D eigenvalue weighted by atomic mass is 15.3. The fraction of sp³-hybridized carbons (Fsp3) is 0.368. The molecule has 0 saturated carbocycles. The maximum absolute atomic E-state index is 3.64. The molecule has 2 aliphatic rings. The first-order valence-electron chi connectivity index (χ1n) is 7.96. The summed E-state index contributed by atoms with van der Waals surface area (Å²) in [6, 6.07) is 21.5. The largest absolute Gasteiger partial charge is 0.311 e. The van der Waals surface area contributed by atoms with Gasteiger partial charge in [0.2, 0.25) is 0 Å². The van der Waals surface area contributed by atoms with Gasteiger partial charge in [0.05, 0.1) is 6.04 Å². The highest BCUT2D eigenvalue weighted by Gasteiger charge is 2.39.